The molecule has 0 radical (unpaired) electrons. The minimum absolute atomic E-state index is 0.380. The Morgan fingerprint density at radius 2 is 1.81 bits per heavy atom. The van der Waals surface area contributed by atoms with Crippen LogP contribution in [0.1, 0.15) is 25.7 Å². The van der Waals surface area contributed by atoms with Gasteiger partial charge in [0, 0.05) is 4.90 Å². The molecule has 1 aliphatic carbocycles. The van der Waals surface area contributed by atoms with Crippen molar-refractivity contribution in [2.45, 2.75) is 36.7 Å². The Kier molecular flexibility index (Phi) is 3.94. The van der Waals surface area contributed by atoms with Gasteiger partial charge >= 0.3 is 0 Å². The van der Waals surface area contributed by atoms with Gasteiger partial charge in [0.1, 0.15) is 5.75 Å². The number of hydrogen-bond donors (Lipinski definition) is 0. The summed E-state index contributed by atoms with van der Waals surface area (Å²) in [4.78, 5) is 1.28. The predicted molar refractivity (Wildman–Crippen MR) is 70.2 cm³/mol. The lowest BCUT2D eigenvalue weighted by molar-refractivity contribution is 0.169. The lowest BCUT2D eigenvalue weighted by atomic mass is 9.94. The molecule has 0 aliphatic heterocycles. The molecule has 2 rings (SSSR count). The summed E-state index contributed by atoms with van der Waals surface area (Å²) in [5, 5.41) is 0. The molecule has 0 bridgehead atoms. The number of rotatable bonds is 3. The van der Waals surface area contributed by atoms with Gasteiger partial charge in [-0.2, -0.15) is 0 Å². The number of hydrogen-bond acceptors (Lipinski definition) is 2. The summed E-state index contributed by atoms with van der Waals surface area (Å²) in [5.41, 5.74) is 1.37. The van der Waals surface area contributed by atoms with Crippen LogP contribution < -0.4 is 4.74 Å². The van der Waals surface area contributed by atoms with E-state index in [1.165, 1.54) is 10.5 Å². The Hall–Kier alpha value is -0.890. The number of thioether (sulfide) groups is 1. The van der Waals surface area contributed by atoms with Gasteiger partial charge in [-0.05, 0) is 56.2 Å². The molecule has 0 amide bonds. The maximum Gasteiger partial charge on any atom is 0.119 e. The van der Waals surface area contributed by atoms with Gasteiger partial charge in [-0.25, -0.2) is 0 Å². The van der Waals surface area contributed by atoms with E-state index in [4.69, 9.17) is 4.74 Å². The Labute approximate surface area is 102 Å². The van der Waals surface area contributed by atoms with Crippen LogP contribution in [0.2, 0.25) is 0 Å². The molecule has 0 N–H and O–H groups in total. The SMILES string of the molecule is C=C1CCC(Oc2ccc(SC)cc2)CC1. The van der Waals surface area contributed by atoms with Crippen molar-refractivity contribution in [3.05, 3.63) is 36.4 Å². The van der Waals surface area contributed by atoms with Crippen molar-refractivity contribution >= 4 is 11.8 Å². The monoisotopic (exact) mass is 234 g/mol. The van der Waals surface area contributed by atoms with E-state index in [1.807, 2.05) is 0 Å². The molecular weight excluding hydrogens is 216 g/mol. The minimum atomic E-state index is 0.380. The smallest absolute Gasteiger partial charge is 0.119 e. The second-order valence-electron chi connectivity index (χ2n) is 4.24. The highest BCUT2D eigenvalue weighted by atomic mass is 32.2. The van der Waals surface area contributed by atoms with Crippen LogP contribution in [0.5, 0.6) is 5.75 Å². The Balaban J connectivity index is 1.90. The van der Waals surface area contributed by atoms with Crippen LogP contribution in [-0.2, 0) is 0 Å². The topological polar surface area (TPSA) is 9.23 Å². The fourth-order valence-corrected chi connectivity index (χ4v) is 2.37. The zero-order valence-electron chi connectivity index (χ0n) is 9.74. The molecule has 0 atom stereocenters. The van der Waals surface area contributed by atoms with Crippen LogP contribution >= 0.6 is 11.8 Å². The third-order valence-electron chi connectivity index (χ3n) is 3.00. The zero-order valence-corrected chi connectivity index (χ0v) is 10.6. The van der Waals surface area contributed by atoms with Crippen LogP contribution in [0.4, 0.5) is 0 Å². The maximum atomic E-state index is 5.95. The van der Waals surface area contributed by atoms with E-state index >= 15 is 0 Å². The molecule has 1 nitrogen and oxygen atoms in total. The summed E-state index contributed by atoms with van der Waals surface area (Å²) >= 11 is 1.76. The molecule has 1 aliphatic rings. The predicted octanol–water partition coefficient (Wildman–Crippen LogP) is 4.29. The average Bonchev–Trinajstić information content (AvgIpc) is 2.33. The van der Waals surface area contributed by atoms with E-state index in [-0.39, 0.29) is 0 Å². The quantitative estimate of drug-likeness (QED) is 0.570. The molecule has 16 heavy (non-hydrogen) atoms. The van der Waals surface area contributed by atoms with Gasteiger partial charge in [0.25, 0.3) is 0 Å². The fourth-order valence-electron chi connectivity index (χ4n) is 1.96. The van der Waals surface area contributed by atoms with Gasteiger partial charge in [0.2, 0.25) is 0 Å². The Bertz CT molecular complexity index is 346. The first-order valence-electron chi connectivity index (χ1n) is 5.75. The van der Waals surface area contributed by atoms with Gasteiger partial charge in [-0.15, -0.1) is 11.8 Å². The van der Waals surface area contributed by atoms with Crippen molar-refractivity contribution in [2.24, 2.45) is 0 Å². The standard InChI is InChI=1S/C14H18OS/c1-11-3-5-12(6-4-11)15-13-7-9-14(16-2)10-8-13/h7-10,12H,1,3-6H2,2H3. The maximum absolute atomic E-state index is 5.95. The summed E-state index contributed by atoms with van der Waals surface area (Å²) in [7, 11) is 0. The summed E-state index contributed by atoms with van der Waals surface area (Å²) in [6.45, 7) is 4.02. The zero-order chi connectivity index (χ0) is 11.4. The van der Waals surface area contributed by atoms with Gasteiger partial charge < -0.3 is 4.74 Å². The van der Waals surface area contributed by atoms with Crippen LogP contribution in [0.15, 0.2) is 41.3 Å². The third-order valence-corrected chi connectivity index (χ3v) is 3.75. The number of benzene rings is 1. The fraction of sp³-hybridized carbons (Fsp3) is 0.429. The first-order valence-corrected chi connectivity index (χ1v) is 6.98. The van der Waals surface area contributed by atoms with E-state index in [1.54, 1.807) is 11.8 Å². The highest BCUT2D eigenvalue weighted by molar-refractivity contribution is 7.98. The molecule has 0 aromatic heterocycles. The summed E-state index contributed by atoms with van der Waals surface area (Å²) in [5.74, 6) is 0.996. The van der Waals surface area contributed by atoms with Crippen LogP contribution in [0.3, 0.4) is 0 Å². The van der Waals surface area contributed by atoms with Crippen molar-refractivity contribution in [1.82, 2.24) is 0 Å². The highest BCUT2D eigenvalue weighted by Gasteiger charge is 2.16. The molecule has 1 fully saturated rings. The highest BCUT2D eigenvalue weighted by Crippen LogP contribution is 2.27. The molecule has 0 unspecified atom stereocenters. The summed E-state index contributed by atoms with van der Waals surface area (Å²) in [6.07, 6.45) is 6.93. The Morgan fingerprint density at radius 3 is 2.38 bits per heavy atom. The van der Waals surface area contributed by atoms with Crippen molar-refractivity contribution in [3.8, 4) is 5.75 Å². The molecule has 2 heteroatoms. The van der Waals surface area contributed by atoms with Gasteiger partial charge in [0.15, 0.2) is 0 Å². The molecule has 86 valence electrons. The number of allylic oxidation sites excluding steroid dienone is 1. The van der Waals surface area contributed by atoms with Crippen molar-refractivity contribution in [1.29, 1.82) is 0 Å². The summed E-state index contributed by atoms with van der Waals surface area (Å²) in [6, 6.07) is 8.36. The van der Waals surface area contributed by atoms with E-state index in [0.29, 0.717) is 6.10 Å². The molecule has 0 saturated heterocycles. The van der Waals surface area contributed by atoms with Crippen molar-refractivity contribution < 1.29 is 4.74 Å². The first kappa shape index (κ1) is 11.6. The van der Waals surface area contributed by atoms with Crippen molar-refractivity contribution in [2.75, 3.05) is 6.26 Å². The largest absolute Gasteiger partial charge is 0.490 e. The average molecular weight is 234 g/mol. The second kappa shape index (κ2) is 5.44. The van der Waals surface area contributed by atoms with Gasteiger partial charge in [-0.1, -0.05) is 12.2 Å². The van der Waals surface area contributed by atoms with Gasteiger partial charge in [-0.3, -0.25) is 0 Å². The molecule has 0 heterocycles. The second-order valence-corrected chi connectivity index (χ2v) is 5.12. The van der Waals surface area contributed by atoms with E-state index < -0.39 is 0 Å². The summed E-state index contributed by atoms with van der Waals surface area (Å²) < 4.78 is 5.95. The minimum Gasteiger partial charge on any atom is -0.490 e. The molecular formula is C14H18OS. The van der Waals surface area contributed by atoms with E-state index in [2.05, 4.69) is 37.1 Å². The molecule has 1 aromatic carbocycles. The molecule has 1 saturated carbocycles. The third kappa shape index (κ3) is 3.05. The first-order chi connectivity index (χ1) is 7.78. The van der Waals surface area contributed by atoms with E-state index in [0.717, 1.165) is 31.4 Å². The Morgan fingerprint density at radius 1 is 1.19 bits per heavy atom. The van der Waals surface area contributed by atoms with Gasteiger partial charge in [0.05, 0.1) is 6.10 Å². The normalized spacial score (nSPS) is 17.4. The van der Waals surface area contributed by atoms with Crippen molar-refractivity contribution in [3.63, 3.8) is 0 Å². The van der Waals surface area contributed by atoms with E-state index in [9.17, 15) is 0 Å². The number of ether oxygens (including phenoxy) is 1. The van der Waals surface area contributed by atoms with Crippen LogP contribution in [0.25, 0.3) is 0 Å². The lowest BCUT2D eigenvalue weighted by Gasteiger charge is -2.24. The van der Waals surface area contributed by atoms with Crippen LogP contribution in [-0.4, -0.2) is 12.4 Å². The molecule has 1 aromatic rings. The van der Waals surface area contributed by atoms with Crippen LogP contribution in [0, 0.1) is 0 Å². The molecule has 0 spiro atoms. The lowest BCUT2D eigenvalue weighted by Crippen LogP contribution is -2.20.